The summed E-state index contributed by atoms with van der Waals surface area (Å²) in [5.74, 6) is -0.598. The van der Waals surface area contributed by atoms with Crippen molar-refractivity contribution in [2.24, 2.45) is 0 Å². The Balaban J connectivity index is -0.0000000640. The molecule has 8 nitrogen and oxygen atoms in total. The number of ketones is 2. The maximum atomic E-state index is 10.4. The molecular weight excluding hydrogens is 535 g/mol. The SMILES string of the molecule is CC(C)O.CC(C)O.CCOC([C-]=O)C(C)=O.CCOC([C-]=O)C(C)=O.[CH3][Sn][CH3].[Ti+2]. The third-order valence-corrected chi connectivity index (χ3v) is 1.62. The van der Waals surface area contributed by atoms with Gasteiger partial charge in [0.2, 0.25) is 0 Å². The standard InChI is InChI=1S/2C6H9O3.2C3H8O.2CH3.Sn.Ti/c2*1-3-9-6(4-7)5(2)8;2*1-3(2)4;;;;/h2*6H,3H2,1-2H3;2*3-4H,1-2H3;2*1H3;;/q2*-1;;;;;;+2. The molecule has 2 N–H and O–H groups in total. The number of ether oxygens (including phenoxy) is 2. The van der Waals surface area contributed by atoms with Crippen LogP contribution < -0.4 is 0 Å². The predicted octanol–water partition coefficient (Wildman–Crippen LogP) is 1.74. The van der Waals surface area contributed by atoms with Crippen molar-refractivity contribution >= 4 is 45.3 Å². The predicted molar refractivity (Wildman–Crippen MR) is 116 cm³/mol. The first-order valence-corrected chi connectivity index (χ1v) is 15.0. The van der Waals surface area contributed by atoms with Gasteiger partial charge in [0, 0.05) is 37.6 Å². The van der Waals surface area contributed by atoms with E-state index < -0.39 is 12.2 Å². The molecule has 0 spiro atoms. The number of aliphatic hydroxyl groups is 2. The van der Waals surface area contributed by atoms with Crippen LogP contribution in [0.3, 0.4) is 0 Å². The van der Waals surface area contributed by atoms with E-state index >= 15 is 0 Å². The average molecular weight is 575 g/mol. The first-order valence-electron chi connectivity index (χ1n) is 9.26. The molecule has 0 amide bonds. The van der Waals surface area contributed by atoms with Crippen LogP contribution in [0.15, 0.2) is 0 Å². The maximum absolute atomic E-state index is 10.4. The number of Topliss-reactive ketones (excluding diaryl/α,β-unsaturated/α-hetero) is 2. The van der Waals surface area contributed by atoms with E-state index in [4.69, 9.17) is 10.2 Å². The zero-order chi connectivity index (χ0) is 24.4. The number of rotatable bonds is 8. The molecule has 0 aliphatic carbocycles. The van der Waals surface area contributed by atoms with E-state index in [1.165, 1.54) is 26.4 Å². The minimum Gasteiger partial charge on any atom is 2.00 e. The molecule has 2 atom stereocenters. The minimum absolute atomic E-state index is 0. The number of hydrogen-bond acceptors (Lipinski definition) is 8. The molecule has 0 aliphatic heterocycles. The zero-order valence-corrected chi connectivity index (χ0v) is 24.5. The third-order valence-electron chi connectivity index (χ3n) is 1.62. The van der Waals surface area contributed by atoms with Gasteiger partial charge in [0.15, 0.2) is 0 Å². The molecule has 0 saturated carbocycles. The van der Waals surface area contributed by atoms with E-state index in [2.05, 4.69) is 19.4 Å². The van der Waals surface area contributed by atoms with E-state index in [1.807, 2.05) is 0 Å². The van der Waals surface area contributed by atoms with Gasteiger partial charge in [-0.25, -0.2) is 12.6 Å². The molecule has 2 unspecified atom stereocenters. The Morgan fingerprint density at radius 3 is 1.00 bits per heavy atom. The molecule has 0 aromatic carbocycles. The zero-order valence-electron chi connectivity index (χ0n) is 20.1. The monoisotopic (exact) mass is 576 g/mol. The van der Waals surface area contributed by atoms with Crippen LogP contribution in [0, 0.1) is 0 Å². The summed E-state index contributed by atoms with van der Waals surface area (Å²) in [5.41, 5.74) is 0. The fraction of sp³-hybridized carbons (Fsp3) is 0.800. The Morgan fingerprint density at radius 1 is 0.800 bits per heavy atom. The first kappa shape index (κ1) is 43.8. The molecule has 176 valence electrons. The van der Waals surface area contributed by atoms with Gasteiger partial charge < -0.3 is 29.3 Å². The number of hydrogen-bond donors (Lipinski definition) is 2. The fourth-order valence-electron chi connectivity index (χ4n) is 0.802. The van der Waals surface area contributed by atoms with E-state index in [-0.39, 0.29) is 66.6 Å². The number of aliphatic hydroxyl groups excluding tert-OH is 2. The second-order valence-corrected chi connectivity index (χ2v) is 8.67. The topological polar surface area (TPSA) is 127 Å². The summed E-state index contributed by atoms with van der Waals surface area (Å²) in [6.45, 7) is 13.6. The summed E-state index contributed by atoms with van der Waals surface area (Å²) in [6.07, 6.45) is 0.674. The second-order valence-electron chi connectivity index (χ2n) is 5.82. The summed E-state index contributed by atoms with van der Waals surface area (Å²) in [5, 5.41) is 16.1. The molecular formula is C20H40O8SnTi. The molecule has 0 aliphatic rings. The van der Waals surface area contributed by atoms with Crippen LogP contribution in [0.1, 0.15) is 55.4 Å². The van der Waals surface area contributed by atoms with Gasteiger partial charge in [-0.05, 0) is 55.4 Å². The van der Waals surface area contributed by atoms with E-state index in [9.17, 15) is 19.2 Å². The van der Waals surface area contributed by atoms with Gasteiger partial charge in [0.25, 0.3) is 0 Å². The van der Waals surface area contributed by atoms with Crippen LogP contribution in [-0.2, 0) is 50.4 Å². The Bertz CT molecular complexity index is 340. The van der Waals surface area contributed by atoms with E-state index in [0.717, 1.165) is 0 Å². The largest absolute Gasteiger partial charge is 2.00 e. The van der Waals surface area contributed by atoms with E-state index in [0.29, 0.717) is 13.2 Å². The maximum Gasteiger partial charge on any atom is 2.00 e. The van der Waals surface area contributed by atoms with Crippen molar-refractivity contribution in [1.29, 1.82) is 0 Å². The smallest absolute Gasteiger partial charge is 2.00 e. The van der Waals surface area contributed by atoms with Gasteiger partial charge in [0.05, 0.1) is 0 Å². The first-order chi connectivity index (χ1) is 13.3. The van der Waals surface area contributed by atoms with Crippen LogP contribution in [0.2, 0.25) is 9.88 Å². The van der Waals surface area contributed by atoms with Gasteiger partial charge in [0.1, 0.15) is 11.6 Å². The van der Waals surface area contributed by atoms with Crippen LogP contribution in [0.4, 0.5) is 0 Å². The fourth-order valence-corrected chi connectivity index (χ4v) is 0.802. The Hall–Kier alpha value is 0.0330. The van der Waals surface area contributed by atoms with Crippen molar-refractivity contribution in [2.75, 3.05) is 13.2 Å². The number of carbonyl (C=O) groups is 2. The molecule has 10 heteroatoms. The van der Waals surface area contributed by atoms with Crippen LogP contribution in [0.5, 0.6) is 0 Å². The second kappa shape index (κ2) is 36.4. The van der Waals surface area contributed by atoms with Crippen LogP contribution >= 0.6 is 0 Å². The molecule has 0 rings (SSSR count). The Kier molecular flexibility index (Phi) is 53.2. The van der Waals surface area contributed by atoms with Gasteiger partial charge in [-0.15, -0.1) is 0 Å². The van der Waals surface area contributed by atoms with Crippen molar-refractivity contribution in [3.05, 3.63) is 0 Å². The molecule has 2 radical (unpaired) electrons. The summed E-state index contributed by atoms with van der Waals surface area (Å²) < 4.78 is 9.36. The molecule has 30 heavy (non-hydrogen) atoms. The van der Waals surface area contributed by atoms with Crippen LogP contribution in [0.25, 0.3) is 0 Å². The molecule has 0 saturated heterocycles. The van der Waals surface area contributed by atoms with Gasteiger partial charge in [-0.1, -0.05) is 0 Å². The molecule has 0 fully saturated rings. The minimum atomic E-state index is -0.977. The average Bonchev–Trinajstić information content (AvgIpc) is 2.57. The third kappa shape index (κ3) is 63.0. The van der Waals surface area contributed by atoms with Crippen LogP contribution in [-0.4, -0.2) is 93.1 Å². The molecule has 0 bridgehead atoms. The molecule has 0 aromatic rings. The summed E-state index contributed by atoms with van der Waals surface area (Å²) in [7, 11) is 0. The van der Waals surface area contributed by atoms with Crippen molar-refractivity contribution in [3.63, 3.8) is 0 Å². The molecule has 0 aromatic heterocycles. The van der Waals surface area contributed by atoms with Gasteiger partial charge in [-0.3, -0.25) is 9.59 Å². The normalized spacial score (nSPS) is 10.6. The Morgan fingerprint density at radius 2 is 0.967 bits per heavy atom. The van der Waals surface area contributed by atoms with Crippen molar-refractivity contribution < 1.29 is 60.6 Å². The number of carbonyl (C=O) groups excluding carboxylic acids is 4. The molecule has 0 heterocycles. The van der Waals surface area contributed by atoms with Crippen molar-refractivity contribution in [1.82, 2.24) is 0 Å². The summed E-state index contributed by atoms with van der Waals surface area (Å²) in [6, 6.07) is 0. The van der Waals surface area contributed by atoms with Gasteiger partial charge >= 0.3 is 52.7 Å². The quantitative estimate of drug-likeness (QED) is 0.255. The Labute approximate surface area is 208 Å². The van der Waals surface area contributed by atoms with E-state index in [1.54, 1.807) is 41.5 Å². The summed E-state index contributed by atoms with van der Waals surface area (Å²) in [4.78, 5) is 45.1. The van der Waals surface area contributed by atoms with Crippen molar-refractivity contribution in [3.8, 4) is 0 Å². The van der Waals surface area contributed by atoms with Crippen molar-refractivity contribution in [2.45, 2.75) is 89.7 Å². The summed E-state index contributed by atoms with van der Waals surface area (Å²) >= 11 is 0.230. The van der Waals surface area contributed by atoms with Gasteiger partial charge in [-0.2, -0.15) is 0 Å².